The van der Waals surface area contributed by atoms with Gasteiger partial charge in [-0.05, 0) is 6.92 Å². The van der Waals surface area contributed by atoms with Crippen molar-refractivity contribution in [3.05, 3.63) is 0 Å². The van der Waals surface area contributed by atoms with Gasteiger partial charge in [0.2, 0.25) is 0 Å². The van der Waals surface area contributed by atoms with Gasteiger partial charge in [0.25, 0.3) is 5.91 Å². The minimum Gasteiger partial charge on any atom is -0.738 e. The standard InChI is InChI=1S/C4H5N3OS.Pd/c1-2-3(8)5-4(9)7-6-2;/h2H,1H3,(H,5,8,9);/q;+2/p-1. The predicted molar refractivity (Wildman–Crippen MR) is 34.1 cm³/mol. The molecule has 1 unspecified atom stereocenters. The number of carbonyl (C=O) groups is 1. The van der Waals surface area contributed by atoms with E-state index in [9.17, 15) is 4.79 Å². The molecule has 0 radical (unpaired) electrons. The number of azo groups is 1. The van der Waals surface area contributed by atoms with Gasteiger partial charge in [-0.15, -0.1) is 0 Å². The maximum atomic E-state index is 10.6. The van der Waals surface area contributed by atoms with Crippen LogP contribution in [0, 0.1) is 0 Å². The Labute approximate surface area is 77.3 Å². The number of nitrogens with zero attached hydrogens (tertiary/aromatic N) is 3. The maximum Gasteiger partial charge on any atom is 2.00 e. The van der Waals surface area contributed by atoms with Crippen molar-refractivity contribution in [3.63, 3.8) is 0 Å². The summed E-state index contributed by atoms with van der Waals surface area (Å²) in [7, 11) is 0. The first-order chi connectivity index (χ1) is 4.20. The summed E-state index contributed by atoms with van der Waals surface area (Å²) in [4.78, 5) is 14.0. The normalized spacial score (nSPS) is 23.5. The molecule has 1 aliphatic rings. The van der Waals surface area contributed by atoms with E-state index in [0.717, 1.165) is 0 Å². The third kappa shape index (κ3) is 2.21. The first kappa shape index (κ1) is 9.82. The van der Waals surface area contributed by atoms with E-state index in [1.54, 1.807) is 6.92 Å². The van der Waals surface area contributed by atoms with Crippen molar-refractivity contribution in [2.24, 2.45) is 15.2 Å². The summed E-state index contributed by atoms with van der Waals surface area (Å²) in [5.74, 6) is -0.310. The molecule has 4 nitrogen and oxygen atoms in total. The van der Waals surface area contributed by atoms with Crippen LogP contribution in [-0.4, -0.2) is 17.1 Å². The molecule has 0 saturated carbocycles. The zero-order valence-corrected chi connectivity index (χ0v) is 7.42. The monoisotopic (exact) mass is 248 g/mol. The Morgan fingerprint density at radius 3 is 2.60 bits per heavy atom. The summed E-state index contributed by atoms with van der Waals surface area (Å²) >= 11 is 4.49. The number of rotatable bonds is 0. The van der Waals surface area contributed by atoms with E-state index in [1.807, 2.05) is 0 Å². The van der Waals surface area contributed by atoms with Crippen molar-refractivity contribution < 1.29 is 25.2 Å². The smallest absolute Gasteiger partial charge is 0.738 e. The Bertz CT molecular complexity index is 203. The van der Waals surface area contributed by atoms with Crippen LogP contribution in [0.2, 0.25) is 0 Å². The molecule has 1 amide bonds. The quantitative estimate of drug-likeness (QED) is 0.456. The first-order valence-electron chi connectivity index (χ1n) is 2.40. The average Bonchev–Trinajstić information content (AvgIpc) is 1.80. The number of amides is 1. The summed E-state index contributed by atoms with van der Waals surface area (Å²) in [5, 5.41) is 6.99. The molecule has 0 aromatic heterocycles. The molecule has 1 rings (SSSR count). The topological polar surface area (TPSA) is 54.1 Å². The van der Waals surface area contributed by atoms with Crippen LogP contribution in [-0.2, 0) is 37.8 Å². The van der Waals surface area contributed by atoms with Crippen molar-refractivity contribution in [2.45, 2.75) is 13.0 Å². The van der Waals surface area contributed by atoms with Crippen LogP contribution in [0.15, 0.2) is 15.2 Å². The zero-order chi connectivity index (χ0) is 6.85. The van der Waals surface area contributed by atoms with Crippen LogP contribution in [0.3, 0.4) is 0 Å². The molecule has 1 heterocycles. The van der Waals surface area contributed by atoms with Crippen molar-refractivity contribution in [1.29, 1.82) is 0 Å². The molecule has 0 bridgehead atoms. The van der Waals surface area contributed by atoms with Crippen molar-refractivity contribution in [2.75, 3.05) is 0 Å². The molecule has 0 aromatic carbocycles. The van der Waals surface area contributed by atoms with Gasteiger partial charge in [0, 0.05) is 5.17 Å². The summed E-state index contributed by atoms with van der Waals surface area (Å²) in [5.41, 5.74) is 0. The molecule has 0 aromatic rings. The van der Waals surface area contributed by atoms with E-state index in [0.29, 0.717) is 0 Å². The maximum absolute atomic E-state index is 10.6. The summed E-state index contributed by atoms with van der Waals surface area (Å²) in [6.07, 6.45) is 0. The third-order valence-electron chi connectivity index (χ3n) is 0.880. The Hall–Kier alpha value is -0.178. The molecule has 6 heteroatoms. The Morgan fingerprint density at radius 1 is 1.60 bits per heavy atom. The number of hydrogen-bond donors (Lipinski definition) is 0. The SMILES string of the molecule is CC1N=NC([S-])=NC1=O.[Pd+2]. The minimum absolute atomic E-state index is 0. The Balaban J connectivity index is 0.000000810. The molecule has 0 aliphatic carbocycles. The third-order valence-corrected chi connectivity index (χ3v) is 1.05. The number of amidine groups is 1. The molecule has 1 aliphatic heterocycles. The van der Waals surface area contributed by atoms with Crippen molar-refractivity contribution in [1.82, 2.24) is 0 Å². The van der Waals surface area contributed by atoms with Gasteiger partial charge in [-0.1, -0.05) is 0 Å². The molecule has 0 N–H and O–H groups in total. The molecule has 10 heavy (non-hydrogen) atoms. The largest absolute Gasteiger partial charge is 2.00 e. The molecular weight excluding hydrogens is 245 g/mol. The van der Waals surface area contributed by atoms with Crippen LogP contribution in [0.1, 0.15) is 6.92 Å². The van der Waals surface area contributed by atoms with Gasteiger partial charge in [0.15, 0.2) is 0 Å². The van der Waals surface area contributed by atoms with Gasteiger partial charge in [0.05, 0.1) is 0 Å². The zero-order valence-electron chi connectivity index (χ0n) is 5.05. The fraction of sp³-hybridized carbons (Fsp3) is 0.500. The van der Waals surface area contributed by atoms with Crippen LogP contribution in [0.4, 0.5) is 0 Å². The minimum atomic E-state index is -0.448. The van der Waals surface area contributed by atoms with Crippen LogP contribution < -0.4 is 0 Å². The molecule has 0 fully saturated rings. The van der Waals surface area contributed by atoms with E-state index in [-0.39, 0.29) is 31.5 Å². The van der Waals surface area contributed by atoms with Crippen molar-refractivity contribution in [3.8, 4) is 0 Å². The van der Waals surface area contributed by atoms with Gasteiger partial charge in [-0.2, -0.15) is 10.2 Å². The predicted octanol–water partition coefficient (Wildman–Crippen LogP) is 0.268. The molecule has 0 spiro atoms. The van der Waals surface area contributed by atoms with Crippen molar-refractivity contribution >= 4 is 23.7 Å². The molecular formula is C4H4N3OPdS+. The Kier molecular flexibility index (Phi) is 3.79. The second-order valence-corrected chi connectivity index (χ2v) is 1.99. The summed E-state index contributed by atoms with van der Waals surface area (Å²) in [6.45, 7) is 1.62. The van der Waals surface area contributed by atoms with Crippen LogP contribution in [0.5, 0.6) is 0 Å². The van der Waals surface area contributed by atoms with E-state index in [2.05, 4.69) is 27.8 Å². The van der Waals surface area contributed by atoms with Gasteiger partial charge in [-0.3, -0.25) is 4.79 Å². The second kappa shape index (κ2) is 3.86. The van der Waals surface area contributed by atoms with E-state index in [1.165, 1.54) is 0 Å². The van der Waals surface area contributed by atoms with E-state index in [4.69, 9.17) is 0 Å². The van der Waals surface area contributed by atoms with E-state index < -0.39 is 6.04 Å². The first-order valence-corrected chi connectivity index (χ1v) is 2.81. The second-order valence-electron chi connectivity index (χ2n) is 1.62. The van der Waals surface area contributed by atoms with E-state index >= 15 is 0 Å². The summed E-state index contributed by atoms with van der Waals surface area (Å²) < 4.78 is 0. The number of carbonyl (C=O) groups excluding carboxylic acids is 1. The summed E-state index contributed by atoms with van der Waals surface area (Å²) in [6, 6.07) is -0.448. The fourth-order valence-electron chi connectivity index (χ4n) is 0.395. The molecule has 1 atom stereocenters. The van der Waals surface area contributed by atoms with Gasteiger partial charge in [-0.25, -0.2) is 4.99 Å². The van der Waals surface area contributed by atoms with Gasteiger partial charge in [0.1, 0.15) is 6.04 Å². The molecule has 56 valence electrons. The fourth-order valence-corrected chi connectivity index (χ4v) is 0.533. The number of aliphatic imine (C=N–C) groups is 1. The Morgan fingerprint density at radius 2 is 2.20 bits per heavy atom. The van der Waals surface area contributed by atoms with Gasteiger partial charge < -0.3 is 12.6 Å². The van der Waals surface area contributed by atoms with Crippen LogP contribution >= 0.6 is 0 Å². The van der Waals surface area contributed by atoms with Gasteiger partial charge >= 0.3 is 20.4 Å². The van der Waals surface area contributed by atoms with Crippen LogP contribution in [0.25, 0.3) is 0 Å². The average molecular weight is 249 g/mol. The number of hydrogen-bond acceptors (Lipinski definition) is 4. The molecule has 0 saturated heterocycles.